The lowest BCUT2D eigenvalue weighted by Crippen LogP contribution is -2.20. The third kappa shape index (κ3) is 4.92. The van der Waals surface area contributed by atoms with E-state index >= 15 is 0 Å². The maximum atomic E-state index is 13.8. The average molecular weight is 488 g/mol. The van der Waals surface area contributed by atoms with Crippen molar-refractivity contribution in [2.45, 2.75) is 13.1 Å². The zero-order chi connectivity index (χ0) is 24.5. The molecule has 4 rings (SSSR count). The second kappa shape index (κ2) is 9.23. The van der Waals surface area contributed by atoms with Crippen molar-refractivity contribution < 1.29 is 27.1 Å². The van der Waals surface area contributed by atoms with E-state index in [9.17, 15) is 22.8 Å². The van der Waals surface area contributed by atoms with Gasteiger partial charge in [0.15, 0.2) is 6.61 Å². The summed E-state index contributed by atoms with van der Waals surface area (Å²) in [6.07, 6.45) is -4.92. The Bertz CT molecular complexity index is 1430. The molecule has 34 heavy (non-hydrogen) atoms. The number of hydrogen-bond donors (Lipinski definition) is 1. The molecule has 1 heterocycles. The minimum Gasteiger partial charge on any atom is -0.484 e. The molecule has 0 aliphatic carbocycles. The number of carbonyl (C=O) groups is 1. The van der Waals surface area contributed by atoms with Gasteiger partial charge in [0, 0.05) is 16.8 Å². The van der Waals surface area contributed by atoms with Crippen LogP contribution in [0.1, 0.15) is 11.3 Å². The number of carbonyl (C=O) groups excluding carboxylic acids is 1. The second-order valence-corrected chi connectivity index (χ2v) is 7.89. The van der Waals surface area contributed by atoms with Gasteiger partial charge in [-0.15, -0.1) is 0 Å². The van der Waals surface area contributed by atoms with Crippen LogP contribution in [0.4, 0.5) is 18.9 Å². The normalized spacial score (nSPS) is 11.4. The SMILES string of the molecule is Cc1ccccc1NC(=O)COc1ccc2c(=O)c(-c3ccc(Cl)cc3)c(C(F)(F)F)oc2c1. The Kier molecular flexibility index (Phi) is 6.34. The fourth-order valence-corrected chi connectivity index (χ4v) is 3.52. The Balaban J connectivity index is 1.65. The summed E-state index contributed by atoms with van der Waals surface area (Å²) in [4.78, 5) is 25.2. The number of benzene rings is 3. The molecule has 0 atom stereocenters. The van der Waals surface area contributed by atoms with Gasteiger partial charge in [0.2, 0.25) is 11.2 Å². The first kappa shape index (κ1) is 23.4. The minimum atomic E-state index is -4.92. The predicted octanol–water partition coefficient (Wildman–Crippen LogP) is 6.46. The number of amides is 1. The van der Waals surface area contributed by atoms with E-state index in [4.69, 9.17) is 20.8 Å². The molecule has 0 aliphatic rings. The van der Waals surface area contributed by atoms with Crippen LogP contribution in [0.25, 0.3) is 22.1 Å². The molecule has 0 spiro atoms. The van der Waals surface area contributed by atoms with Crippen LogP contribution in [-0.4, -0.2) is 12.5 Å². The highest BCUT2D eigenvalue weighted by molar-refractivity contribution is 6.30. The highest BCUT2D eigenvalue weighted by atomic mass is 35.5. The number of hydrogen-bond acceptors (Lipinski definition) is 4. The smallest absolute Gasteiger partial charge is 0.450 e. The topological polar surface area (TPSA) is 68.5 Å². The van der Waals surface area contributed by atoms with Crippen molar-refractivity contribution in [2.24, 2.45) is 0 Å². The quantitative estimate of drug-likeness (QED) is 0.351. The van der Waals surface area contributed by atoms with E-state index in [1.807, 2.05) is 19.1 Å². The maximum Gasteiger partial charge on any atom is 0.450 e. The summed E-state index contributed by atoms with van der Waals surface area (Å²) in [6, 6.07) is 16.4. The molecule has 9 heteroatoms. The van der Waals surface area contributed by atoms with E-state index in [1.165, 1.54) is 36.4 Å². The van der Waals surface area contributed by atoms with Crippen LogP contribution < -0.4 is 15.5 Å². The molecule has 3 aromatic carbocycles. The molecule has 174 valence electrons. The largest absolute Gasteiger partial charge is 0.484 e. The molecule has 0 bridgehead atoms. The molecule has 0 fully saturated rings. The van der Waals surface area contributed by atoms with E-state index in [-0.39, 0.29) is 28.9 Å². The van der Waals surface area contributed by atoms with Gasteiger partial charge >= 0.3 is 6.18 Å². The van der Waals surface area contributed by atoms with Gasteiger partial charge in [0.25, 0.3) is 5.91 Å². The van der Waals surface area contributed by atoms with Crippen LogP contribution in [0.2, 0.25) is 5.02 Å². The summed E-state index contributed by atoms with van der Waals surface area (Å²) in [7, 11) is 0. The van der Waals surface area contributed by atoms with Crippen molar-refractivity contribution in [2.75, 3.05) is 11.9 Å². The van der Waals surface area contributed by atoms with Gasteiger partial charge in [-0.1, -0.05) is 41.9 Å². The first-order chi connectivity index (χ1) is 16.1. The number of anilines is 1. The van der Waals surface area contributed by atoms with E-state index in [1.54, 1.807) is 12.1 Å². The van der Waals surface area contributed by atoms with E-state index in [0.717, 1.165) is 11.6 Å². The van der Waals surface area contributed by atoms with Crippen molar-refractivity contribution >= 4 is 34.2 Å². The monoisotopic (exact) mass is 487 g/mol. The summed E-state index contributed by atoms with van der Waals surface area (Å²) in [6.45, 7) is 1.44. The van der Waals surface area contributed by atoms with Gasteiger partial charge < -0.3 is 14.5 Å². The Morgan fingerprint density at radius 2 is 1.76 bits per heavy atom. The Hall–Kier alpha value is -3.78. The molecule has 5 nitrogen and oxygen atoms in total. The third-order valence-corrected chi connectivity index (χ3v) is 5.30. The van der Waals surface area contributed by atoms with E-state index < -0.39 is 28.8 Å². The summed E-state index contributed by atoms with van der Waals surface area (Å²) in [5, 5.41) is 2.94. The highest BCUT2D eigenvalue weighted by Crippen LogP contribution is 2.38. The molecule has 0 saturated carbocycles. The van der Waals surface area contributed by atoms with Crippen molar-refractivity contribution in [3.8, 4) is 16.9 Å². The number of ether oxygens (including phenoxy) is 1. The van der Waals surface area contributed by atoms with Gasteiger partial charge in [-0.05, 0) is 48.4 Å². The van der Waals surface area contributed by atoms with Crippen LogP contribution >= 0.6 is 11.6 Å². The predicted molar refractivity (Wildman–Crippen MR) is 123 cm³/mol. The first-order valence-corrected chi connectivity index (χ1v) is 10.4. The van der Waals surface area contributed by atoms with Crippen LogP contribution in [0.15, 0.2) is 75.9 Å². The molecule has 0 unspecified atom stereocenters. The summed E-state index contributed by atoms with van der Waals surface area (Å²) in [5.74, 6) is -1.81. The van der Waals surface area contributed by atoms with Crippen LogP contribution in [-0.2, 0) is 11.0 Å². The molecule has 4 aromatic rings. The Labute approximate surface area is 196 Å². The second-order valence-electron chi connectivity index (χ2n) is 7.45. The first-order valence-electron chi connectivity index (χ1n) is 10.1. The number of nitrogens with one attached hydrogen (secondary N) is 1. The van der Waals surface area contributed by atoms with Crippen molar-refractivity contribution in [3.63, 3.8) is 0 Å². The van der Waals surface area contributed by atoms with Gasteiger partial charge in [-0.3, -0.25) is 9.59 Å². The summed E-state index contributed by atoms with van der Waals surface area (Å²) < 4.78 is 51.9. The van der Waals surface area contributed by atoms with Gasteiger partial charge in [0.1, 0.15) is 11.3 Å². The number of fused-ring (bicyclic) bond motifs is 1. The van der Waals surface area contributed by atoms with E-state index in [0.29, 0.717) is 10.7 Å². The highest BCUT2D eigenvalue weighted by Gasteiger charge is 2.39. The lowest BCUT2D eigenvalue weighted by atomic mass is 10.0. The van der Waals surface area contributed by atoms with Gasteiger partial charge in [0.05, 0.1) is 10.9 Å². The molecular weight excluding hydrogens is 471 g/mol. The van der Waals surface area contributed by atoms with Crippen LogP contribution in [0.3, 0.4) is 0 Å². The Morgan fingerprint density at radius 3 is 2.44 bits per heavy atom. The summed E-state index contributed by atoms with van der Waals surface area (Å²) in [5.41, 5.74) is -0.264. The van der Waals surface area contributed by atoms with Gasteiger partial charge in [-0.25, -0.2) is 0 Å². The lowest BCUT2D eigenvalue weighted by molar-refractivity contribution is -0.152. The average Bonchev–Trinajstić information content (AvgIpc) is 2.79. The number of rotatable bonds is 5. The van der Waals surface area contributed by atoms with Crippen molar-refractivity contribution in [1.82, 2.24) is 0 Å². The molecule has 0 saturated heterocycles. The standard InChI is InChI=1S/C25H17ClF3NO4/c1-14-4-2-3-5-19(14)30-21(31)13-33-17-10-11-18-20(12-17)34-24(25(27,28)29)22(23(18)32)15-6-8-16(26)9-7-15/h2-12H,13H2,1H3,(H,30,31). The van der Waals surface area contributed by atoms with Crippen molar-refractivity contribution in [3.05, 3.63) is 93.3 Å². The van der Waals surface area contributed by atoms with E-state index in [2.05, 4.69) is 5.32 Å². The minimum absolute atomic E-state index is 0.0283. The molecule has 1 N–H and O–H groups in total. The summed E-state index contributed by atoms with van der Waals surface area (Å²) >= 11 is 5.82. The zero-order valence-corrected chi connectivity index (χ0v) is 18.5. The fraction of sp³-hybridized carbons (Fsp3) is 0.120. The number of aryl methyl sites for hydroxylation is 1. The molecule has 1 aromatic heterocycles. The fourth-order valence-electron chi connectivity index (χ4n) is 3.39. The van der Waals surface area contributed by atoms with Crippen LogP contribution in [0.5, 0.6) is 5.75 Å². The Morgan fingerprint density at radius 1 is 1.06 bits per heavy atom. The molecule has 0 radical (unpaired) electrons. The maximum absolute atomic E-state index is 13.8. The number of para-hydroxylation sites is 1. The lowest BCUT2D eigenvalue weighted by Gasteiger charge is -2.14. The number of alkyl halides is 3. The van der Waals surface area contributed by atoms with Crippen LogP contribution in [0, 0.1) is 6.92 Å². The zero-order valence-electron chi connectivity index (χ0n) is 17.7. The number of halogens is 4. The molecule has 1 amide bonds. The third-order valence-electron chi connectivity index (χ3n) is 5.04. The molecular formula is C25H17ClF3NO4. The van der Waals surface area contributed by atoms with Crippen molar-refractivity contribution in [1.29, 1.82) is 0 Å². The molecule has 0 aliphatic heterocycles. The van der Waals surface area contributed by atoms with Gasteiger partial charge in [-0.2, -0.15) is 13.2 Å².